The number of benzene rings is 3. The van der Waals surface area contributed by atoms with E-state index in [4.69, 9.17) is 0 Å². The third kappa shape index (κ3) is 3.06. The normalized spacial score (nSPS) is 14.0. The molecule has 28 heavy (non-hydrogen) atoms. The third-order valence-corrected chi connectivity index (χ3v) is 6.08. The van der Waals surface area contributed by atoms with E-state index in [2.05, 4.69) is 4.72 Å². The van der Waals surface area contributed by atoms with Gasteiger partial charge >= 0.3 is 0 Å². The summed E-state index contributed by atoms with van der Waals surface area (Å²) in [4.78, 5) is 26.5. The predicted molar refractivity (Wildman–Crippen MR) is 101 cm³/mol. The van der Waals surface area contributed by atoms with Crippen LogP contribution in [0.1, 0.15) is 20.7 Å². The van der Waals surface area contributed by atoms with Crippen LogP contribution in [0.4, 0.5) is 4.39 Å². The van der Waals surface area contributed by atoms with Gasteiger partial charge in [0.05, 0.1) is 4.90 Å². The van der Waals surface area contributed by atoms with Gasteiger partial charge in [-0.15, -0.1) is 0 Å². The lowest BCUT2D eigenvalue weighted by molar-refractivity contribution is 0.0613. The average molecular weight is 398 g/mol. The predicted octanol–water partition coefficient (Wildman–Crippen LogP) is 2.55. The van der Waals surface area contributed by atoms with Gasteiger partial charge < -0.3 is 0 Å². The summed E-state index contributed by atoms with van der Waals surface area (Å²) in [5.41, 5.74) is 0.822. The highest BCUT2D eigenvalue weighted by molar-refractivity contribution is 7.89. The molecule has 0 spiro atoms. The van der Waals surface area contributed by atoms with Crippen LogP contribution in [0, 0.1) is 5.82 Å². The van der Waals surface area contributed by atoms with Crippen LogP contribution in [0.25, 0.3) is 10.8 Å². The van der Waals surface area contributed by atoms with Gasteiger partial charge in [0.1, 0.15) is 5.82 Å². The SMILES string of the molecule is O=C1c2cccc3cccc(c23)C(=O)N1CCNS(=O)(=O)c1ccc(F)cc1. The van der Waals surface area contributed by atoms with Gasteiger partial charge in [0, 0.05) is 29.6 Å². The fourth-order valence-electron chi connectivity index (χ4n) is 3.27. The second-order valence-corrected chi connectivity index (χ2v) is 8.09. The molecule has 1 N–H and O–H groups in total. The summed E-state index contributed by atoms with van der Waals surface area (Å²) in [7, 11) is -3.88. The molecule has 0 bridgehead atoms. The molecule has 3 aromatic carbocycles. The van der Waals surface area contributed by atoms with Crippen LogP contribution in [-0.4, -0.2) is 38.2 Å². The van der Waals surface area contributed by atoms with E-state index in [0.29, 0.717) is 16.5 Å². The van der Waals surface area contributed by atoms with Gasteiger partial charge in [-0.05, 0) is 41.8 Å². The summed E-state index contributed by atoms with van der Waals surface area (Å²) in [5, 5.41) is 1.41. The minimum atomic E-state index is -3.88. The Morgan fingerprint density at radius 3 is 2.00 bits per heavy atom. The monoisotopic (exact) mass is 398 g/mol. The van der Waals surface area contributed by atoms with Crippen LogP contribution in [0.2, 0.25) is 0 Å². The number of hydrogen-bond acceptors (Lipinski definition) is 4. The van der Waals surface area contributed by atoms with Crippen LogP contribution in [0.15, 0.2) is 65.6 Å². The molecule has 0 saturated heterocycles. The fourth-order valence-corrected chi connectivity index (χ4v) is 4.29. The van der Waals surface area contributed by atoms with E-state index in [1.165, 1.54) is 0 Å². The number of hydrogen-bond donors (Lipinski definition) is 1. The first-order valence-corrected chi connectivity index (χ1v) is 10.00. The molecule has 1 aliphatic heterocycles. The van der Waals surface area contributed by atoms with Gasteiger partial charge in [-0.1, -0.05) is 24.3 Å². The molecule has 4 rings (SSSR count). The Morgan fingerprint density at radius 1 is 0.857 bits per heavy atom. The minimum Gasteiger partial charge on any atom is -0.273 e. The summed E-state index contributed by atoms with van der Waals surface area (Å²) >= 11 is 0. The number of sulfonamides is 1. The third-order valence-electron chi connectivity index (χ3n) is 4.61. The molecule has 3 aromatic rings. The molecular formula is C20H15FN2O4S. The molecule has 0 unspecified atom stereocenters. The van der Waals surface area contributed by atoms with Crippen LogP contribution in [-0.2, 0) is 10.0 Å². The summed E-state index contributed by atoms with van der Waals surface area (Å²) in [6.45, 7) is -0.280. The molecule has 0 radical (unpaired) electrons. The lowest BCUT2D eigenvalue weighted by Gasteiger charge is -2.27. The van der Waals surface area contributed by atoms with Crippen LogP contribution in [0.3, 0.4) is 0 Å². The van der Waals surface area contributed by atoms with E-state index in [1.807, 2.05) is 12.1 Å². The lowest BCUT2D eigenvalue weighted by atomic mass is 9.94. The van der Waals surface area contributed by atoms with Gasteiger partial charge in [-0.3, -0.25) is 14.5 Å². The van der Waals surface area contributed by atoms with Crippen molar-refractivity contribution in [2.75, 3.05) is 13.1 Å². The largest absolute Gasteiger partial charge is 0.273 e. The smallest absolute Gasteiger partial charge is 0.261 e. The van der Waals surface area contributed by atoms with Crippen molar-refractivity contribution in [3.63, 3.8) is 0 Å². The number of halogens is 1. The van der Waals surface area contributed by atoms with Crippen molar-refractivity contribution < 1.29 is 22.4 Å². The number of nitrogens with one attached hydrogen (secondary N) is 1. The van der Waals surface area contributed by atoms with Crippen molar-refractivity contribution >= 4 is 32.6 Å². The summed E-state index contributed by atoms with van der Waals surface area (Å²) in [5.74, 6) is -1.47. The van der Waals surface area contributed by atoms with Gasteiger partial charge in [-0.25, -0.2) is 17.5 Å². The van der Waals surface area contributed by atoms with E-state index in [-0.39, 0.29) is 18.0 Å². The number of carbonyl (C=O) groups is 2. The molecule has 0 saturated carbocycles. The van der Waals surface area contributed by atoms with Crippen molar-refractivity contribution in [3.8, 4) is 0 Å². The van der Waals surface area contributed by atoms with Crippen molar-refractivity contribution in [1.29, 1.82) is 0 Å². The first kappa shape index (κ1) is 18.3. The number of imide groups is 1. The first-order valence-electron chi connectivity index (χ1n) is 8.52. The van der Waals surface area contributed by atoms with Crippen LogP contribution < -0.4 is 4.72 Å². The molecule has 0 atom stereocenters. The van der Waals surface area contributed by atoms with E-state index in [1.54, 1.807) is 24.3 Å². The van der Waals surface area contributed by atoms with Gasteiger partial charge in [0.15, 0.2) is 0 Å². The Labute approximate surface area is 160 Å². The average Bonchev–Trinajstić information content (AvgIpc) is 2.69. The highest BCUT2D eigenvalue weighted by atomic mass is 32.2. The van der Waals surface area contributed by atoms with Gasteiger partial charge in [0.25, 0.3) is 11.8 Å². The number of rotatable bonds is 5. The Balaban J connectivity index is 1.54. The first-order chi connectivity index (χ1) is 13.4. The highest BCUT2D eigenvalue weighted by Gasteiger charge is 2.32. The van der Waals surface area contributed by atoms with Gasteiger partial charge in [0.2, 0.25) is 10.0 Å². The summed E-state index contributed by atoms with van der Waals surface area (Å²) in [6, 6.07) is 14.8. The van der Waals surface area contributed by atoms with Crippen molar-refractivity contribution in [1.82, 2.24) is 9.62 Å². The van der Waals surface area contributed by atoms with Crippen molar-refractivity contribution in [2.45, 2.75) is 4.90 Å². The molecule has 0 aromatic heterocycles. The Kier molecular flexibility index (Phi) is 4.44. The standard InChI is InChI=1S/C20H15FN2O4S/c21-14-7-9-15(10-8-14)28(26,27)22-11-12-23-19(24)16-5-1-3-13-4-2-6-17(18(13)16)20(23)25/h1-10,22H,11-12H2. The Bertz CT molecular complexity index is 1160. The molecule has 2 amide bonds. The maximum absolute atomic E-state index is 13.0. The molecule has 8 heteroatoms. The summed E-state index contributed by atoms with van der Waals surface area (Å²) in [6.07, 6.45) is 0. The molecule has 1 aliphatic rings. The van der Waals surface area contributed by atoms with Gasteiger partial charge in [-0.2, -0.15) is 0 Å². The number of amides is 2. The van der Waals surface area contributed by atoms with E-state index >= 15 is 0 Å². The van der Waals surface area contributed by atoms with Crippen LogP contribution in [0.5, 0.6) is 0 Å². The lowest BCUT2D eigenvalue weighted by Crippen LogP contribution is -2.44. The second-order valence-electron chi connectivity index (χ2n) is 6.32. The highest BCUT2D eigenvalue weighted by Crippen LogP contribution is 2.29. The van der Waals surface area contributed by atoms with Crippen molar-refractivity contribution in [3.05, 3.63) is 77.6 Å². The number of nitrogens with zero attached hydrogens (tertiary/aromatic N) is 1. The Morgan fingerprint density at radius 2 is 1.43 bits per heavy atom. The molecular weight excluding hydrogens is 383 g/mol. The number of carbonyl (C=O) groups excluding carboxylic acids is 2. The zero-order valence-electron chi connectivity index (χ0n) is 14.6. The molecule has 142 valence electrons. The quantitative estimate of drug-likeness (QED) is 0.670. The molecule has 0 aliphatic carbocycles. The Hall–Kier alpha value is -3.10. The fraction of sp³-hybridized carbons (Fsp3) is 0.100. The topological polar surface area (TPSA) is 83.6 Å². The maximum Gasteiger partial charge on any atom is 0.261 e. The molecule has 0 fully saturated rings. The van der Waals surface area contributed by atoms with E-state index in [0.717, 1.165) is 34.6 Å². The maximum atomic E-state index is 13.0. The van der Waals surface area contributed by atoms with Crippen LogP contribution >= 0.6 is 0 Å². The molecule has 1 heterocycles. The summed E-state index contributed by atoms with van der Waals surface area (Å²) < 4.78 is 39.9. The zero-order chi connectivity index (χ0) is 19.9. The second kappa shape index (κ2) is 6.81. The molecule has 6 nitrogen and oxygen atoms in total. The van der Waals surface area contributed by atoms with Crippen molar-refractivity contribution in [2.24, 2.45) is 0 Å². The van der Waals surface area contributed by atoms with E-state index < -0.39 is 27.7 Å². The zero-order valence-corrected chi connectivity index (χ0v) is 15.4. The van der Waals surface area contributed by atoms with E-state index in [9.17, 15) is 22.4 Å². The minimum absolute atomic E-state index is 0.0969.